The number of carbonyl (C=O) groups excluding carboxylic acids is 4. The molecule has 0 saturated heterocycles. The summed E-state index contributed by atoms with van der Waals surface area (Å²) in [6.45, 7) is 9.34. The number of aliphatic hydroxyl groups is 1. The zero-order chi connectivity index (χ0) is 63.6. The van der Waals surface area contributed by atoms with Gasteiger partial charge >= 0.3 is 39.5 Å². The topological polar surface area (TPSA) is 237 Å². The van der Waals surface area contributed by atoms with E-state index in [1.54, 1.807) is 0 Å². The van der Waals surface area contributed by atoms with E-state index < -0.39 is 97.5 Å². The quantitative estimate of drug-likeness (QED) is 0.0222. The molecule has 0 spiro atoms. The molecule has 19 heteroatoms. The summed E-state index contributed by atoms with van der Waals surface area (Å²) in [5, 5.41) is 10.5. The number of rotatable bonds is 66. The minimum Gasteiger partial charge on any atom is -0.462 e. The number of esters is 4. The van der Waals surface area contributed by atoms with Crippen molar-refractivity contribution in [3.8, 4) is 0 Å². The predicted molar refractivity (Wildman–Crippen MR) is 345 cm³/mol. The fourth-order valence-electron chi connectivity index (χ4n) is 10.1. The molecule has 86 heavy (non-hydrogen) atoms. The molecule has 510 valence electrons. The van der Waals surface area contributed by atoms with Gasteiger partial charge in [-0.25, -0.2) is 9.13 Å². The predicted octanol–water partition coefficient (Wildman–Crippen LogP) is 18.8. The van der Waals surface area contributed by atoms with E-state index in [2.05, 4.69) is 41.5 Å². The third-order valence-electron chi connectivity index (χ3n) is 15.5. The number of ether oxygens (including phenoxy) is 4. The van der Waals surface area contributed by atoms with Crippen LogP contribution in [0.15, 0.2) is 0 Å². The smallest absolute Gasteiger partial charge is 0.462 e. The van der Waals surface area contributed by atoms with Crippen LogP contribution < -0.4 is 0 Å². The minimum atomic E-state index is -4.95. The Morgan fingerprint density at radius 1 is 0.314 bits per heavy atom. The van der Waals surface area contributed by atoms with Crippen molar-refractivity contribution in [3.05, 3.63) is 0 Å². The molecule has 0 bridgehead atoms. The van der Waals surface area contributed by atoms with Crippen molar-refractivity contribution in [2.45, 2.75) is 355 Å². The summed E-state index contributed by atoms with van der Waals surface area (Å²) in [4.78, 5) is 72.2. The number of carbonyl (C=O) groups is 4. The molecule has 0 aromatic carbocycles. The second-order valence-electron chi connectivity index (χ2n) is 25.2. The van der Waals surface area contributed by atoms with Gasteiger partial charge in [0.15, 0.2) is 12.2 Å². The van der Waals surface area contributed by atoms with Crippen LogP contribution in [0.1, 0.15) is 337 Å². The molecule has 5 atom stereocenters. The van der Waals surface area contributed by atoms with Crippen molar-refractivity contribution in [3.63, 3.8) is 0 Å². The second kappa shape index (κ2) is 59.4. The Balaban J connectivity index is 5.15. The molecule has 0 aliphatic carbocycles. The van der Waals surface area contributed by atoms with E-state index in [-0.39, 0.29) is 25.7 Å². The summed E-state index contributed by atoms with van der Waals surface area (Å²) in [5.74, 6) is -0.763. The molecule has 17 nitrogen and oxygen atoms in total. The minimum absolute atomic E-state index is 0.102. The lowest BCUT2D eigenvalue weighted by Crippen LogP contribution is -2.30. The first-order chi connectivity index (χ1) is 41.4. The number of hydrogen-bond donors (Lipinski definition) is 3. The highest BCUT2D eigenvalue weighted by Crippen LogP contribution is 2.45. The van der Waals surface area contributed by atoms with E-state index in [0.29, 0.717) is 37.5 Å². The fourth-order valence-corrected chi connectivity index (χ4v) is 11.6. The van der Waals surface area contributed by atoms with Crippen molar-refractivity contribution in [1.82, 2.24) is 0 Å². The van der Waals surface area contributed by atoms with Gasteiger partial charge in [0.05, 0.1) is 26.4 Å². The maximum absolute atomic E-state index is 13.0. The molecular formula is C67H130O17P2. The van der Waals surface area contributed by atoms with Gasteiger partial charge in [-0.2, -0.15) is 0 Å². The molecule has 0 heterocycles. The number of phosphoric acid groups is 2. The van der Waals surface area contributed by atoms with Crippen molar-refractivity contribution in [2.24, 2.45) is 11.8 Å². The van der Waals surface area contributed by atoms with Crippen molar-refractivity contribution in [1.29, 1.82) is 0 Å². The third kappa shape index (κ3) is 60.9. The average Bonchev–Trinajstić information content (AvgIpc) is 3.63. The molecule has 0 fully saturated rings. The van der Waals surface area contributed by atoms with Crippen molar-refractivity contribution < 1.29 is 80.2 Å². The first-order valence-electron chi connectivity index (χ1n) is 35.0. The summed E-state index contributed by atoms with van der Waals surface area (Å²) in [6, 6.07) is 0. The van der Waals surface area contributed by atoms with Gasteiger partial charge in [-0.05, 0) is 37.5 Å². The van der Waals surface area contributed by atoms with Crippen molar-refractivity contribution in [2.75, 3.05) is 39.6 Å². The Bertz CT molecular complexity index is 1680. The molecule has 0 rings (SSSR count). The summed E-state index contributed by atoms with van der Waals surface area (Å²) in [7, 11) is -9.89. The molecule has 0 saturated carbocycles. The maximum Gasteiger partial charge on any atom is 0.472 e. The molecule has 0 aliphatic rings. The van der Waals surface area contributed by atoms with E-state index in [4.69, 9.17) is 37.0 Å². The molecule has 0 aromatic heterocycles. The van der Waals surface area contributed by atoms with E-state index in [1.807, 2.05) is 0 Å². The largest absolute Gasteiger partial charge is 0.472 e. The highest BCUT2D eigenvalue weighted by atomic mass is 31.2. The average molecular weight is 1270 g/mol. The lowest BCUT2D eigenvalue weighted by molar-refractivity contribution is -0.161. The Hall–Kier alpha value is -1.94. The Labute approximate surface area is 524 Å². The van der Waals surface area contributed by atoms with Crippen LogP contribution in [0.4, 0.5) is 0 Å². The fraction of sp³-hybridized carbons (Fsp3) is 0.940. The SMILES string of the molecule is CCCCCCCCCCCCCCCCCCCCCC(=O)O[C@H](COC(=O)CCCCCCCCCC(C)C)COP(=O)(O)OC[C@@H](O)COP(=O)(O)OC[C@@H](COC(=O)CCCCCCCCCC)OC(=O)CCCCCCCCC(C)C. The Morgan fingerprint density at radius 2 is 0.535 bits per heavy atom. The van der Waals surface area contributed by atoms with Crippen LogP contribution in [0.2, 0.25) is 0 Å². The van der Waals surface area contributed by atoms with Crippen LogP contribution in [-0.4, -0.2) is 96.7 Å². The summed E-state index contributed by atoms with van der Waals surface area (Å²) < 4.78 is 68.0. The molecule has 3 N–H and O–H groups in total. The highest BCUT2D eigenvalue weighted by molar-refractivity contribution is 7.47. The van der Waals surface area contributed by atoms with Gasteiger partial charge in [0.2, 0.25) is 0 Å². The van der Waals surface area contributed by atoms with Crippen LogP contribution in [0.25, 0.3) is 0 Å². The highest BCUT2D eigenvalue weighted by Gasteiger charge is 2.30. The third-order valence-corrected chi connectivity index (χ3v) is 17.4. The van der Waals surface area contributed by atoms with Gasteiger partial charge in [-0.1, -0.05) is 286 Å². The van der Waals surface area contributed by atoms with Crippen LogP contribution >= 0.6 is 15.6 Å². The number of aliphatic hydroxyl groups excluding tert-OH is 1. The summed E-state index contributed by atoms with van der Waals surface area (Å²) in [6.07, 6.45) is 43.5. The normalized spacial score (nSPS) is 14.2. The van der Waals surface area contributed by atoms with Crippen LogP contribution in [0, 0.1) is 11.8 Å². The van der Waals surface area contributed by atoms with E-state index in [0.717, 1.165) is 103 Å². The lowest BCUT2D eigenvalue weighted by atomic mass is 10.0. The molecule has 0 aromatic rings. The van der Waals surface area contributed by atoms with Crippen molar-refractivity contribution >= 4 is 39.5 Å². The number of phosphoric ester groups is 2. The zero-order valence-corrected chi connectivity index (χ0v) is 57.4. The lowest BCUT2D eigenvalue weighted by Gasteiger charge is -2.21. The van der Waals surface area contributed by atoms with Crippen LogP contribution in [0.5, 0.6) is 0 Å². The maximum atomic E-state index is 13.0. The van der Waals surface area contributed by atoms with Gasteiger partial charge in [-0.15, -0.1) is 0 Å². The first-order valence-corrected chi connectivity index (χ1v) is 38.0. The van der Waals surface area contributed by atoms with E-state index >= 15 is 0 Å². The molecule has 0 amide bonds. The Kier molecular flexibility index (Phi) is 58.0. The molecular weight excluding hydrogens is 1140 g/mol. The van der Waals surface area contributed by atoms with Gasteiger partial charge in [0, 0.05) is 25.7 Å². The van der Waals surface area contributed by atoms with E-state index in [9.17, 15) is 43.2 Å². The van der Waals surface area contributed by atoms with Gasteiger partial charge in [-0.3, -0.25) is 37.3 Å². The van der Waals surface area contributed by atoms with Gasteiger partial charge < -0.3 is 33.8 Å². The Morgan fingerprint density at radius 3 is 0.791 bits per heavy atom. The monoisotopic (exact) mass is 1270 g/mol. The molecule has 0 radical (unpaired) electrons. The summed E-state index contributed by atoms with van der Waals surface area (Å²) in [5.41, 5.74) is 0. The zero-order valence-electron chi connectivity index (χ0n) is 55.6. The second-order valence-corrected chi connectivity index (χ2v) is 28.1. The van der Waals surface area contributed by atoms with Gasteiger partial charge in [0.25, 0.3) is 0 Å². The van der Waals surface area contributed by atoms with Crippen LogP contribution in [0.3, 0.4) is 0 Å². The standard InChI is InChI=1S/C67H130O17P2/c1-7-9-11-13-15-17-18-19-20-21-22-23-24-25-26-27-31-39-45-51-66(71)83-62(55-78-65(70)50-44-38-32-28-29-35-41-47-59(3)4)57-81-85(73,74)79-53-61(68)54-80-86(75,76)82-58-63(56-77-64(69)49-43-37-30-16-14-12-10-8-2)84-67(72)52-46-40-34-33-36-42-48-60(5)6/h59-63,68H,7-58H2,1-6H3,(H,73,74)(H,75,76)/t61-,62-,63-/m1/s1. The summed E-state index contributed by atoms with van der Waals surface area (Å²) >= 11 is 0. The molecule has 2 unspecified atom stereocenters. The van der Waals surface area contributed by atoms with E-state index in [1.165, 1.54) is 141 Å². The number of hydrogen-bond acceptors (Lipinski definition) is 15. The number of unbranched alkanes of at least 4 members (excludes halogenated alkanes) is 36. The molecule has 0 aliphatic heterocycles. The van der Waals surface area contributed by atoms with Gasteiger partial charge in [0.1, 0.15) is 19.3 Å². The van der Waals surface area contributed by atoms with Crippen LogP contribution in [-0.2, 0) is 65.4 Å². The first kappa shape index (κ1) is 84.1.